The van der Waals surface area contributed by atoms with Crippen molar-refractivity contribution >= 4 is 45.7 Å². The fourth-order valence-electron chi connectivity index (χ4n) is 6.14. The van der Waals surface area contributed by atoms with E-state index in [1.54, 1.807) is 0 Å². The maximum atomic E-state index is 14.3. The number of hydrogen-bond acceptors (Lipinski definition) is 8. The summed E-state index contributed by atoms with van der Waals surface area (Å²) in [7, 11) is 2.41. The Bertz CT molecular complexity index is 1720. The van der Waals surface area contributed by atoms with Crippen LogP contribution in [0.25, 0.3) is 0 Å². The van der Waals surface area contributed by atoms with E-state index in [0.717, 1.165) is 15.9 Å². The minimum atomic E-state index is -3.24. The van der Waals surface area contributed by atoms with Crippen LogP contribution in [0.5, 0.6) is 0 Å². The van der Waals surface area contributed by atoms with Gasteiger partial charge in [0.2, 0.25) is 6.04 Å². The molecule has 5 rings (SSSR count). The normalized spacial score (nSPS) is 17.6. The minimum absolute atomic E-state index is 0.0375. The molecule has 4 aromatic carbocycles. The standard InChI is InChI=1S/C34H29N2O8P/c1-43-33(37)28-22-29(31(36(41)42)30(28)23-18-20-24(21-19-23)35(39)40)32(34(38)44-2)45(25-12-6-3-7-13-25,26-14-8-4-9-15-26)27-16-10-5-11-17-27/h3-22,28,30-31H,1-2H3/t28-,30-,31-/m0/s1. The van der Waals surface area contributed by atoms with Crippen LogP contribution in [-0.2, 0) is 19.1 Å². The number of benzene rings is 4. The van der Waals surface area contributed by atoms with Crippen LogP contribution in [0.4, 0.5) is 5.69 Å². The van der Waals surface area contributed by atoms with Gasteiger partial charge in [0.25, 0.3) is 5.69 Å². The van der Waals surface area contributed by atoms with E-state index in [1.807, 2.05) is 91.0 Å². The number of nitrogens with zero attached hydrogens (tertiary/aromatic N) is 2. The van der Waals surface area contributed by atoms with E-state index in [9.17, 15) is 29.8 Å². The molecular formula is C34H29N2O8P. The van der Waals surface area contributed by atoms with Crippen molar-refractivity contribution in [2.75, 3.05) is 14.2 Å². The molecule has 0 aromatic heterocycles. The van der Waals surface area contributed by atoms with Gasteiger partial charge in [-0.1, -0.05) is 109 Å². The first-order valence-electron chi connectivity index (χ1n) is 13.9. The molecule has 0 unspecified atom stereocenters. The van der Waals surface area contributed by atoms with Gasteiger partial charge in [-0.3, -0.25) is 25.0 Å². The lowest BCUT2D eigenvalue weighted by Gasteiger charge is -2.33. The molecule has 0 amide bonds. The van der Waals surface area contributed by atoms with Crippen molar-refractivity contribution in [2.45, 2.75) is 12.0 Å². The summed E-state index contributed by atoms with van der Waals surface area (Å²) in [4.78, 5) is 50.9. The molecule has 0 bridgehead atoms. The quantitative estimate of drug-likeness (QED) is 0.116. The summed E-state index contributed by atoms with van der Waals surface area (Å²) in [5.41, 5.74) is 0.146. The van der Waals surface area contributed by atoms with Crippen molar-refractivity contribution in [3.8, 4) is 0 Å². The maximum Gasteiger partial charge on any atom is 0.339 e. The van der Waals surface area contributed by atoms with Crippen molar-refractivity contribution in [3.63, 3.8) is 0 Å². The fourth-order valence-corrected chi connectivity index (χ4v) is 10.6. The first-order chi connectivity index (χ1) is 21.7. The molecule has 45 heavy (non-hydrogen) atoms. The molecule has 0 N–H and O–H groups in total. The number of esters is 2. The monoisotopic (exact) mass is 624 g/mol. The molecule has 11 heteroatoms. The molecule has 0 saturated heterocycles. The maximum absolute atomic E-state index is 14.3. The van der Waals surface area contributed by atoms with Gasteiger partial charge in [0.1, 0.15) is 0 Å². The Hall–Kier alpha value is -5.34. The van der Waals surface area contributed by atoms with Crippen LogP contribution in [0, 0.1) is 26.1 Å². The first kappa shape index (κ1) is 31.1. The Balaban J connectivity index is 1.96. The molecule has 0 aliphatic heterocycles. The lowest BCUT2D eigenvalue weighted by Crippen LogP contribution is -2.39. The van der Waals surface area contributed by atoms with Gasteiger partial charge in [0.05, 0.1) is 36.3 Å². The topological polar surface area (TPSA) is 139 Å². The molecule has 0 spiro atoms. The zero-order valence-corrected chi connectivity index (χ0v) is 25.3. The van der Waals surface area contributed by atoms with Crippen LogP contribution in [0.15, 0.2) is 127 Å². The number of methoxy groups -OCH3 is 2. The highest BCUT2D eigenvalue weighted by molar-refractivity contribution is 7.96. The first-order valence-corrected chi connectivity index (χ1v) is 15.7. The van der Waals surface area contributed by atoms with Crippen LogP contribution in [-0.4, -0.2) is 47.3 Å². The van der Waals surface area contributed by atoms with E-state index in [2.05, 4.69) is 0 Å². The number of nitro benzene ring substituents is 1. The summed E-state index contributed by atoms with van der Waals surface area (Å²) in [5.74, 6) is -3.82. The van der Waals surface area contributed by atoms with E-state index >= 15 is 0 Å². The van der Waals surface area contributed by atoms with Crippen LogP contribution in [0.3, 0.4) is 0 Å². The Morgan fingerprint density at radius 2 is 1.16 bits per heavy atom. The second-order valence-electron chi connectivity index (χ2n) is 10.3. The molecule has 10 nitrogen and oxygen atoms in total. The molecular weight excluding hydrogens is 595 g/mol. The van der Waals surface area contributed by atoms with Gasteiger partial charge >= 0.3 is 11.9 Å². The molecule has 0 saturated carbocycles. The summed E-state index contributed by atoms with van der Waals surface area (Å²) in [6, 6.07) is 31.6. The summed E-state index contributed by atoms with van der Waals surface area (Å²) in [6.45, 7) is -3.24. The third kappa shape index (κ3) is 5.56. The Morgan fingerprint density at radius 1 is 0.689 bits per heavy atom. The van der Waals surface area contributed by atoms with Crippen molar-refractivity contribution in [1.82, 2.24) is 0 Å². The predicted octanol–water partition coefficient (Wildman–Crippen LogP) is 4.39. The number of non-ortho nitro benzene ring substituents is 1. The van der Waals surface area contributed by atoms with Crippen molar-refractivity contribution in [3.05, 3.63) is 153 Å². The minimum Gasteiger partial charge on any atom is -0.469 e. The summed E-state index contributed by atoms with van der Waals surface area (Å²) in [5, 5.41) is 26.8. The predicted molar refractivity (Wildman–Crippen MR) is 172 cm³/mol. The van der Waals surface area contributed by atoms with Gasteiger partial charge in [-0.25, -0.2) is 4.79 Å². The summed E-state index contributed by atoms with van der Waals surface area (Å²) < 4.78 is 10.5. The average molecular weight is 625 g/mol. The zero-order valence-electron chi connectivity index (χ0n) is 24.4. The molecule has 3 atom stereocenters. The SMILES string of the molecule is COC(=O)C(C1=C[C@H](C(=O)OC)[C@H](c2ccc([N+](=O)[O-])cc2)[C@H]1[N+](=O)[O-])=P(c1ccccc1)(c1ccccc1)c1ccccc1. The molecule has 0 fully saturated rings. The molecule has 228 valence electrons. The summed E-state index contributed by atoms with van der Waals surface area (Å²) in [6.07, 6.45) is 1.45. The van der Waals surface area contributed by atoms with E-state index in [1.165, 1.54) is 44.6 Å². The highest BCUT2D eigenvalue weighted by Gasteiger charge is 2.53. The second kappa shape index (κ2) is 13.1. The van der Waals surface area contributed by atoms with E-state index < -0.39 is 46.5 Å². The van der Waals surface area contributed by atoms with E-state index in [4.69, 9.17) is 9.47 Å². The highest BCUT2D eigenvalue weighted by Crippen LogP contribution is 2.52. The lowest BCUT2D eigenvalue weighted by molar-refractivity contribution is -0.514. The second-order valence-corrected chi connectivity index (χ2v) is 13.6. The van der Waals surface area contributed by atoms with E-state index in [0.29, 0.717) is 5.56 Å². The van der Waals surface area contributed by atoms with Crippen LogP contribution in [0.2, 0.25) is 0 Å². The Labute approximate surface area is 259 Å². The highest BCUT2D eigenvalue weighted by atomic mass is 31.2. The Kier molecular flexibility index (Phi) is 9.06. The molecule has 1 aliphatic rings. The van der Waals surface area contributed by atoms with Crippen LogP contribution in [0.1, 0.15) is 11.5 Å². The number of carbonyl (C=O) groups excluding carboxylic acids is 2. The third-order valence-corrected chi connectivity index (χ3v) is 12.3. The van der Waals surface area contributed by atoms with Gasteiger partial charge in [0, 0.05) is 22.6 Å². The van der Waals surface area contributed by atoms with Crippen LogP contribution < -0.4 is 15.9 Å². The number of nitro groups is 2. The smallest absolute Gasteiger partial charge is 0.339 e. The van der Waals surface area contributed by atoms with Gasteiger partial charge in [0.15, 0.2) is 0 Å². The van der Waals surface area contributed by atoms with E-state index in [-0.39, 0.29) is 16.6 Å². The molecule has 0 radical (unpaired) electrons. The lowest BCUT2D eigenvalue weighted by atomic mass is 9.84. The van der Waals surface area contributed by atoms with Gasteiger partial charge in [-0.15, -0.1) is 0 Å². The molecule has 4 aromatic rings. The van der Waals surface area contributed by atoms with Gasteiger partial charge < -0.3 is 9.47 Å². The largest absolute Gasteiger partial charge is 0.469 e. The molecule has 1 aliphatic carbocycles. The summed E-state index contributed by atoms with van der Waals surface area (Å²) >= 11 is 0. The number of rotatable bonds is 9. The van der Waals surface area contributed by atoms with Crippen molar-refractivity contribution in [1.29, 1.82) is 0 Å². The average Bonchev–Trinajstić information content (AvgIpc) is 3.48. The number of ether oxygens (including phenoxy) is 2. The fraction of sp³-hybridized carbons (Fsp3) is 0.147. The van der Waals surface area contributed by atoms with Crippen molar-refractivity contribution in [2.24, 2.45) is 5.92 Å². The van der Waals surface area contributed by atoms with Crippen LogP contribution >= 0.6 is 6.89 Å². The number of hydrogen-bond donors (Lipinski definition) is 0. The van der Waals surface area contributed by atoms with Gasteiger partial charge in [-0.2, -0.15) is 0 Å². The zero-order chi connectivity index (χ0) is 32.1. The third-order valence-electron chi connectivity index (χ3n) is 8.01. The van der Waals surface area contributed by atoms with Crippen molar-refractivity contribution < 1.29 is 28.9 Å². The number of carbonyl (C=O) groups is 2. The van der Waals surface area contributed by atoms with Gasteiger partial charge in [-0.05, 0) is 28.4 Å². The molecule has 0 heterocycles. The Morgan fingerprint density at radius 3 is 1.53 bits per heavy atom.